The lowest BCUT2D eigenvalue weighted by atomic mass is 10.1. The highest BCUT2D eigenvalue weighted by Gasteiger charge is 2.16. The molecule has 0 bridgehead atoms. The summed E-state index contributed by atoms with van der Waals surface area (Å²) < 4.78 is 2.07. The van der Waals surface area contributed by atoms with Crippen LogP contribution in [0.3, 0.4) is 0 Å². The fraction of sp³-hybridized carbons (Fsp3) is 0.111. The minimum Gasteiger partial charge on any atom is -0.319 e. The van der Waals surface area contributed by atoms with Crippen LogP contribution in [-0.2, 0) is 0 Å². The van der Waals surface area contributed by atoms with Crippen LogP contribution in [0.1, 0.15) is 17.3 Å². The summed E-state index contributed by atoms with van der Waals surface area (Å²) in [6, 6.07) is 1.75. The molecule has 0 aliphatic carbocycles. The maximum Gasteiger partial charge on any atom is 0.0800 e. The largest absolute Gasteiger partial charge is 0.319 e. The number of nitrogens with zero attached hydrogens (tertiary/aromatic N) is 2. The molecule has 2 N–H and O–H groups in total. The van der Waals surface area contributed by atoms with Gasteiger partial charge in [0.15, 0.2) is 0 Å². The topological polar surface area (TPSA) is 51.8 Å². The first-order chi connectivity index (χ1) is 7.18. The van der Waals surface area contributed by atoms with Crippen LogP contribution in [0.5, 0.6) is 0 Å². The molecule has 2 aromatic rings. The molecule has 2 aromatic heterocycles. The van der Waals surface area contributed by atoms with Crippen molar-refractivity contribution in [3.63, 3.8) is 0 Å². The first kappa shape index (κ1) is 11.2. The van der Waals surface area contributed by atoms with Crippen molar-refractivity contribution in [3.8, 4) is 0 Å². The molecular formula is C9H7Br2N3S. The van der Waals surface area contributed by atoms with Crippen molar-refractivity contribution in [2.75, 3.05) is 0 Å². The second-order valence-electron chi connectivity index (χ2n) is 2.89. The van der Waals surface area contributed by atoms with Crippen LogP contribution >= 0.6 is 43.2 Å². The van der Waals surface area contributed by atoms with Crippen molar-refractivity contribution in [1.29, 1.82) is 0 Å². The Bertz CT molecular complexity index is 458. The second-order valence-corrected chi connectivity index (χ2v) is 6.64. The molecule has 1 atom stereocenters. The summed E-state index contributed by atoms with van der Waals surface area (Å²) in [5.41, 5.74) is 7.87. The van der Waals surface area contributed by atoms with E-state index < -0.39 is 0 Å². The molecule has 2 rings (SSSR count). The highest BCUT2D eigenvalue weighted by atomic mass is 79.9. The summed E-state index contributed by atoms with van der Waals surface area (Å²) in [5, 5.41) is 0. The first-order valence-electron chi connectivity index (χ1n) is 4.14. The molecule has 0 saturated carbocycles. The molecule has 0 aromatic carbocycles. The molecule has 6 heteroatoms. The number of halogens is 2. The Labute approximate surface area is 108 Å². The van der Waals surface area contributed by atoms with Gasteiger partial charge in [0.05, 0.1) is 25.5 Å². The first-order valence-corrected chi connectivity index (χ1v) is 6.55. The third kappa shape index (κ3) is 2.44. The fourth-order valence-electron chi connectivity index (χ4n) is 1.20. The number of aromatic nitrogens is 2. The van der Waals surface area contributed by atoms with E-state index in [0.29, 0.717) is 0 Å². The summed E-state index contributed by atoms with van der Waals surface area (Å²) in [6.07, 6.45) is 4.96. The molecule has 0 aliphatic heterocycles. The molecule has 78 valence electrons. The van der Waals surface area contributed by atoms with E-state index in [0.717, 1.165) is 18.8 Å². The summed E-state index contributed by atoms with van der Waals surface area (Å²) in [5.74, 6) is 0. The Kier molecular flexibility index (Phi) is 3.50. The Balaban J connectivity index is 2.36. The molecule has 0 fully saturated rings. The van der Waals surface area contributed by atoms with Crippen molar-refractivity contribution in [1.82, 2.24) is 9.97 Å². The molecule has 0 spiro atoms. The summed E-state index contributed by atoms with van der Waals surface area (Å²) >= 11 is 8.49. The maximum atomic E-state index is 6.08. The van der Waals surface area contributed by atoms with Gasteiger partial charge < -0.3 is 5.73 Å². The average molecular weight is 349 g/mol. The Morgan fingerprint density at radius 3 is 2.67 bits per heavy atom. The minimum atomic E-state index is -0.240. The van der Waals surface area contributed by atoms with Gasteiger partial charge in [-0.25, -0.2) is 0 Å². The monoisotopic (exact) mass is 347 g/mol. The zero-order valence-corrected chi connectivity index (χ0v) is 11.5. The molecule has 0 aliphatic rings. The SMILES string of the molecule is NC(c1cnccn1)c1cc(Br)sc1Br. The van der Waals surface area contributed by atoms with Crippen LogP contribution in [0, 0.1) is 0 Å². The molecule has 0 saturated heterocycles. The molecular weight excluding hydrogens is 342 g/mol. The van der Waals surface area contributed by atoms with E-state index in [4.69, 9.17) is 5.73 Å². The number of thiophene rings is 1. The maximum absolute atomic E-state index is 6.08. The van der Waals surface area contributed by atoms with Gasteiger partial charge in [0.2, 0.25) is 0 Å². The quantitative estimate of drug-likeness (QED) is 0.907. The Morgan fingerprint density at radius 2 is 2.13 bits per heavy atom. The van der Waals surface area contributed by atoms with E-state index in [1.165, 1.54) is 0 Å². The van der Waals surface area contributed by atoms with E-state index >= 15 is 0 Å². The number of nitrogens with two attached hydrogens (primary N) is 1. The molecule has 0 radical (unpaired) electrons. The lowest BCUT2D eigenvalue weighted by molar-refractivity contribution is 0.818. The molecule has 2 heterocycles. The second kappa shape index (κ2) is 4.69. The van der Waals surface area contributed by atoms with Crippen LogP contribution in [-0.4, -0.2) is 9.97 Å². The Hall–Kier alpha value is -0.300. The van der Waals surface area contributed by atoms with Gasteiger partial charge in [0.1, 0.15) is 0 Å². The smallest absolute Gasteiger partial charge is 0.0800 e. The van der Waals surface area contributed by atoms with E-state index in [1.807, 2.05) is 6.07 Å². The van der Waals surface area contributed by atoms with E-state index in [2.05, 4.69) is 41.8 Å². The summed E-state index contributed by atoms with van der Waals surface area (Å²) in [6.45, 7) is 0. The lowest BCUT2D eigenvalue weighted by Crippen LogP contribution is -2.13. The van der Waals surface area contributed by atoms with Gasteiger partial charge in [-0.15, -0.1) is 11.3 Å². The van der Waals surface area contributed by atoms with Crippen LogP contribution in [0.25, 0.3) is 0 Å². The zero-order chi connectivity index (χ0) is 10.8. The zero-order valence-electron chi connectivity index (χ0n) is 7.52. The van der Waals surface area contributed by atoms with Gasteiger partial charge in [0.25, 0.3) is 0 Å². The molecule has 1 unspecified atom stereocenters. The summed E-state index contributed by atoms with van der Waals surface area (Å²) in [7, 11) is 0. The molecule has 0 amide bonds. The van der Waals surface area contributed by atoms with Crippen molar-refractivity contribution in [2.24, 2.45) is 5.73 Å². The van der Waals surface area contributed by atoms with Crippen molar-refractivity contribution >= 4 is 43.2 Å². The predicted molar refractivity (Wildman–Crippen MR) is 67.8 cm³/mol. The molecule has 15 heavy (non-hydrogen) atoms. The van der Waals surface area contributed by atoms with Crippen LogP contribution in [0.4, 0.5) is 0 Å². The predicted octanol–water partition coefficient (Wildman–Crippen LogP) is 3.11. The fourth-order valence-corrected chi connectivity index (χ4v) is 4.12. The normalized spacial score (nSPS) is 12.7. The third-order valence-corrected chi connectivity index (χ3v) is 4.31. The van der Waals surface area contributed by atoms with E-state index in [9.17, 15) is 0 Å². The van der Waals surface area contributed by atoms with Gasteiger partial charge >= 0.3 is 0 Å². The van der Waals surface area contributed by atoms with Crippen LogP contribution in [0.15, 0.2) is 32.2 Å². The van der Waals surface area contributed by atoms with Gasteiger partial charge in [-0.1, -0.05) is 0 Å². The standard InChI is InChI=1S/C9H7Br2N3S/c10-7-3-5(9(11)15-7)8(12)6-4-13-1-2-14-6/h1-4,8H,12H2. The van der Waals surface area contributed by atoms with Crippen LogP contribution in [0.2, 0.25) is 0 Å². The van der Waals surface area contributed by atoms with Crippen molar-refractivity contribution < 1.29 is 0 Å². The van der Waals surface area contributed by atoms with Crippen molar-refractivity contribution in [2.45, 2.75) is 6.04 Å². The van der Waals surface area contributed by atoms with Gasteiger partial charge in [-0.2, -0.15) is 0 Å². The highest BCUT2D eigenvalue weighted by molar-refractivity contribution is 9.12. The third-order valence-electron chi connectivity index (χ3n) is 1.92. The summed E-state index contributed by atoms with van der Waals surface area (Å²) in [4.78, 5) is 8.19. The molecule has 3 nitrogen and oxygen atoms in total. The Morgan fingerprint density at radius 1 is 1.33 bits per heavy atom. The van der Waals surface area contributed by atoms with E-state index in [1.54, 1.807) is 29.9 Å². The minimum absolute atomic E-state index is 0.240. The lowest BCUT2D eigenvalue weighted by Gasteiger charge is -2.08. The van der Waals surface area contributed by atoms with E-state index in [-0.39, 0.29) is 6.04 Å². The number of hydrogen-bond donors (Lipinski definition) is 1. The average Bonchev–Trinajstić information content (AvgIpc) is 2.58. The van der Waals surface area contributed by atoms with Gasteiger partial charge in [-0.05, 0) is 37.9 Å². The number of hydrogen-bond acceptors (Lipinski definition) is 4. The number of rotatable bonds is 2. The van der Waals surface area contributed by atoms with Crippen molar-refractivity contribution in [3.05, 3.63) is 43.5 Å². The van der Waals surface area contributed by atoms with Crippen LogP contribution < -0.4 is 5.73 Å². The van der Waals surface area contributed by atoms with Gasteiger partial charge in [-0.3, -0.25) is 9.97 Å². The van der Waals surface area contributed by atoms with Gasteiger partial charge in [0, 0.05) is 18.0 Å². The highest BCUT2D eigenvalue weighted by Crippen LogP contribution is 2.36.